The molecule has 0 saturated carbocycles. The molecule has 238 valence electrons. The van der Waals surface area contributed by atoms with Gasteiger partial charge < -0.3 is 19.5 Å². The van der Waals surface area contributed by atoms with E-state index in [1.807, 2.05) is 11.6 Å². The Bertz CT molecular complexity index is 1620. The standard InChI is InChI=1S/C26H29F3N6O8S/c1-17-6-8-18(9-7-17)21-14-22(26(27,28)29)30-34(21)19-10-12-20(13-11-19)44(39,40)31-23(36)15-33(25(2,3)4)35(38)32-43-16-42-24(37)41-5/h6-14H,15-16H2,1-5H3,(H,31,36). The van der Waals surface area contributed by atoms with Gasteiger partial charge in [-0.1, -0.05) is 29.8 Å². The molecule has 18 heteroatoms. The van der Waals surface area contributed by atoms with E-state index >= 15 is 0 Å². The fourth-order valence-corrected chi connectivity index (χ4v) is 4.57. The van der Waals surface area contributed by atoms with E-state index in [0.29, 0.717) is 5.56 Å². The van der Waals surface area contributed by atoms with Crippen molar-refractivity contribution in [3.8, 4) is 16.9 Å². The Morgan fingerprint density at radius 2 is 1.70 bits per heavy atom. The third-order valence-electron chi connectivity index (χ3n) is 5.78. The first-order valence-corrected chi connectivity index (χ1v) is 14.1. The summed E-state index contributed by atoms with van der Waals surface area (Å²) < 4.78 is 77.9. The van der Waals surface area contributed by atoms with E-state index in [0.717, 1.165) is 40.6 Å². The largest absolute Gasteiger partial charge is 0.569 e. The van der Waals surface area contributed by atoms with Crippen molar-refractivity contribution in [3.05, 3.63) is 71.1 Å². The number of methoxy groups -OCH3 is 1. The highest BCUT2D eigenvalue weighted by molar-refractivity contribution is 7.90. The minimum Gasteiger partial charge on any atom is -0.569 e. The fourth-order valence-electron chi connectivity index (χ4n) is 3.59. The van der Waals surface area contributed by atoms with Crippen LogP contribution in [-0.2, 0) is 35.3 Å². The maximum Gasteiger partial charge on any atom is 0.510 e. The van der Waals surface area contributed by atoms with Crippen molar-refractivity contribution in [1.29, 1.82) is 0 Å². The lowest BCUT2D eigenvalue weighted by Gasteiger charge is -2.29. The van der Waals surface area contributed by atoms with Crippen LogP contribution in [0, 0.1) is 12.1 Å². The SMILES string of the molecule is COC(=O)OCON=[N+]([O-])N(CC(=O)NS(=O)(=O)c1ccc(-n2nc(C(F)(F)F)cc2-c2ccc(C)cc2)cc1)C(C)(C)C. The average molecular weight is 643 g/mol. The Kier molecular flexibility index (Phi) is 10.1. The summed E-state index contributed by atoms with van der Waals surface area (Å²) >= 11 is 0. The molecule has 2 aromatic carbocycles. The number of alkyl halides is 3. The van der Waals surface area contributed by atoms with E-state index in [9.17, 15) is 36.4 Å². The van der Waals surface area contributed by atoms with Gasteiger partial charge >= 0.3 is 12.3 Å². The van der Waals surface area contributed by atoms with Crippen LogP contribution in [0.1, 0.15) is 32.0 Å². The Morgan fingerprint density at radius 3 is 2.25 bits per heavy atom. The third-order valence-corrected chi connectivity index (χ3v) is 7.17. The van der Waals surface area contributed by atoms with E-state index in [4.69, 9.17) is 0 Å². The summed E-state index contributed by atoms with van der Waals surface area (Å²) in [5.41, 5.74) is -0.604. The number of ether oxygens (including phenoxy) is 2. The maximum atomic E-state index is 13.5. The molecule has 0 saturated heterocycles. The minimum absolute atomic E-state index is 0.118. The Hall–Kier alpha value is -4.87. The second-order valence-electron chi connectivity index (χ2n) is 10.1. The van der Waals surface area contributed by atoms with Crippen LogP contribution < -0.4 is 4.72 Å². The van der Waals surface area contributed by atoms with Crippen LogP contribution in [0.3, 0.4) is 0 Å². The van der Waals surface area contributed by atoms with Gasteiger partial charge in [-0.25, -0.2) is 22.6 Å². The second-order valence-corrected chi connectivity index (χ2v) is 11.8. The lowest BCUT2D eigenvalue weighted by molar-refractivity contribution is -0.723. The maximum absolute atomic E-state index is 13.5. The van der Waals surface area contributed by atoms with Crippen LogP contribution in [0.15, 0.2) is 64.8 Å². The van der Waals surface area contributed by atoms with Crippen LogP contribution in [-0.4, -0.2) is 66.2 Å². The molecule has 3 rings (SSSR count). The van der Waals surface area contributed by atoms with Gasteiger partial charge in [-0.3, -0.25) is 4.79 Å². The van der Waals surface area contributed by atoms with Crippen LogP contribution in [0.5, 0.6) is 0 Å². The number of aryl methyl sites for hydroxylation is 1. The summed E-state index contributed by atoms with van der Waals surface area (Å²) in [7, 11) is -3.43. The molecule has 0 aliphatic carbocycles. The van der Waals surface area contributed by atoms with Gasteiger partial charge in [0.05, 0.1) is 33.9 Å². The zero-order chi connectivity index (χ0) is 32.9. The molecule has 1 aromatic heterocycles. The Labute approximate surface area is 250 Å². The van der Waals surface area contributed by atoms with Gasteiger partial charge in [-0.2, -0.15) is 18.3 Å². The quantitative estimate of drug-likeness (QED) is 0.0840. The molecular weight excluding hydrogens is 613 g/mol. The molecule has 0 radical (unpaired) electrons. The lowest BCUT2D eigenvalue weighted by Crippen LogP contribution is -2.51. The topological polar surface area (TPSA) is 167 Å². The smallest absolute Gasteiger partial charge is 0.510 e. The number of aromatic nitrogens is 2. The lowest BCUT2D eigenvalue weighted by atomic mass is 10.1. The highest BCUT2D eigenvalue weighted by Crippen LogP contribution is 2.33. The van der Waals surface area contributed by atoms with Crippen molar-refractivity contribution in [1.82, 2.24) is 19.5 Å². The number of nitrogens with one attached hydrogen (secondary N) is 1. The van der Waals surface area contributed by atoms with Crippen LogP contribution in [0.2, 0.25) is 0 Å². The van der Waals surface area contributed by atoms with E-state index in [1.165, 1.54) is 32.9 Å². The first kappa shape index (κ1) is 33.6. The summed E-state index contributed by atoms with van der Waals surface area (Å²) in [6.07, 6.45) is -5.82. The molecule has 1 N–H and O–H groups in total. The summed E-state index contributed by atoms with van der Waals surface area (Å²) in [4.78, 5) is 27.7. The highest BCUT2D eigenvalue weighted by atomic mass is 32.2. The number of sulfonamides is 1. The first-order chi connectivity index (χ1) is 20.4. The molecule has 44 heavy (non-hydrogen) atoms. The number of carbonyl (C=O) groups is 2. The highest BCUT2D eigenvalue weighted by Gasteiger charge is 2.36. The minimum atomic E-state index is -4.73. The van der Waals surface area contributed by atoms with Gasteiger partial charge in [0.1, 0.15) is 0 Å². The number of hydrogen-bond acceptors (Lipinski definition) is 10. The van der Waals surface area contributed by atoms with Crippen molar-refractivity contribution in [2.45, 2.75) is 44.3 Å². The van der Waals surface area contributed by atoms with Crippen LogP contribution in [0.4, 0.5) is 18.0 Å². The molecule has 0 bridgehead atoms. The van der Waals surface area contributed by atoms with Gasteiger partial charge in [-0.05, 0) is 58.0 Å². The molecule has 0 unspecified atom stereocenters. The molecule has 0 fully saturated rings. The number of nitrogens with zero attached hydrogens (tertiary/aromatic N) is 5. The van der Waals surface area contributed by atoms with E-state index in [2.05, 4.69) is 24.7 Å². The van der Waals surface area contributed by atoms with E-state index in [-0.39, 0.29) is 21.2 Å². The molecule has 0 spiro atoms. The molecule has 1 heterocycles. The number of halogens is 3. The van der Waals surface area contributed by atoms with Crippen molar-refractivity contribution in [2.24, 2.45) is 5.28 Å². The molecule has 1 amide bonds. The third kappa shape index (κ3) is 8.59. The number of rotatable bonds is 10. The number of hydrazine groups is 1. The molecule has 14 nitrogen and oxygen atoms in total. The second kappa shape index (κ2) is 13.2. The van der Waals surface area contributed by atoms with Gasteiger partial charge in [0.15, 0.2) is 12.2 Å². The zero-order valence-electron chi connectivity index (χ0n) is 24.2. The van der Waals surface area contributed by atoms with E-state index < -0.39 is 52.8 Å². The van der Waals surface area contributed by atoms with Crippen LogP contribution in [0.25, 0.3) is 16.9 Å². The monoisotopic (exact) mass is 642 g/mol. The fraction of sp³-hybridized carbons (Fsp3) is 0.346. The van der Waals surface area contributed by atoms with E-state index in [1.54, 1.807) is 24.3 Å². The summed E-state index contributed by atoms with van der Waals surface area (Å²) in [5, 5.41) is 20.1. The zero-order valence-corrected chi connectivity index (χ0v) is 25.0. The molecule has 0 aliphatic rings. The summed E-state index contributed by atoms with van der Waals surface area (Å²) in [6.45, 7) is 4.85. The predicted octanol–water partition coefficient (Wildman–Crippen LogP) is 4.32. The van der Waals surface area contributed by atoms with Crippen molar-refractivity contribution in [3.63, 3.8) is 0 Å². The number of hydrogen-bond donors (Lipinski definition) is 1. The molecule has 0 aliphatic heterocycles. The Balaban J connectivity index is 1.80. The predicted molar refractivity (Wildman–Crippen MR) is 146 cm³/mol. The number of amides is 1. The Morgan fingerprint density at radius 1 is 1.09 bits per heavy atom. The van der Waals surface area contributed by atoms with Crippen molar-refractivity contribution in [2.75, 3.05) is 20.4 Å². The van der Waals surface area contributed by atoms with Gasteiger partial charge in [-0.15, -0.1) is 5.01 Å². The molecule has 0 atom stereocenters. The average Bonchev–Trinajstić information content (AvgIpc) is 3.40. The van der Waals surface area contributed by atoms with Crippen molar-refractivity contribution < 1.29 is 50.5 Å². The first-order valence-electron chi connectivity index (χ1n) is 12.6. The molecule has 3 aromatic rings. The van der Waals surface area contributed by atoms with Gasteiger partial charge in [0.25, 0.3) is 22.7 Å². The van der Waals surface area contributed by atoms with Gasteiger partial charge in [0.2, 0.25) is 5.28 Å². The normalized spacial score (nSPS) is 12.4. The molecular formula is C26H29F3N6O8S. The number of carbonyl (C=O) groups excluding carboxylic acids is 2. The summed E-state index contributed by atoms with van der Waals surface area (Å²) in [6, 6.07) is 12.3. The van der Waals surface area contributed by atoms with Crippen LogP contribution >= 0.6 is 0 Å². The van der Waals surface area contributed by atoms with Gasteiger partial charge in [0, 0.05) is 5.56 Å². The summed E-state index contributed by atoms with van der Waals surface area (Å²) in [5.74, 6) is -1.12. The number of benzene rings is 2. The van der Waals surface area contributed by atoms with Crippen molar-refractivity contribution >= 4 is 22.1 Å².